The molecule has 0 spiro atoms. The molecule has 0 radical (unpaired) electrons. The van der Waals surface area contributed by atoms with Crippen LogP contribution in [-0.2, 0) is 4.74 Å². The molecule has 1 aliphatic rings. The number of hydrogen-bond donors (Lipinski definition) is 0. The monoisotopic (exact) mass is 224 g/mol. The molecule has 1 saturated heterocycles. The fourth-order valence-electron chi connectivity index (χ4n) is 1.01. The van der Waals surface area contributed by atoms with E-state index in [0.29, 0.717) is 6.10 Å². The summed E-state index contributed by atoms with van der Waals surface area (Å²) in [5, 5.41) is 0. The number of halogens is 1. The topological polar surface area (TPSA) is 12.5 Å². The predicted octanol–water partition coefficient (Wildman–Crippen LogP) is 2.82. The van der Waals surface area contributed by atoms with Gasteiger partial charge >= 0.3 is 0 Å². The summed E-state index contributed by atoms with van der Waals surface area (Å²) in [5.41, 5.74) is 1.21. The Balaban J connectivity index is 2.15. The minimum Gasteiger partial charge on any atom is -0.367 e. The Morgan fingerprint density at radius 1 is 1.42 bits per heavy atom. The molecule has 0 amide bonds. The van der Waals surface area contributed by atoms with Crippen LogP contribution in [0.25, 0.3) is 6.08 Å². The van der Waals surface area contributed by atoms with Crippen molar-refractivity contribution in [3.05, 3.63) is 40.4 Å². The highest BCUT2D eigenvalue weighted by molar-refractivity contribution is 9.11. The molecular weight excluding hydrogens is 216 g/mol. The van der Waals surface area contributed by atoms with Crippen LogP contribution >= 0.6 is 15.9 Å². The molecule has 12 heavy (non-hydrogen) atoms. The van der Waals surface area contributed by atoms with Crippen LogP contribution in [0.15, 0.2) is 34.8 Å². The third-order valence-electron chi connectivity index (χ3n) is 1.75. The number of rotatable bonds is 2. The molecule has 0 bridgehead atoms. The van der Waals surface area contributed by atoms with Gasteiger partial charge in [-0.15, -0.1) is 0 Å². The molecule has 62 valence electrons. The largest absolute Gasteiger partial charge is 0.367 e. The highest BCUT2D eigenvalue weighted by Gasteiger charge is 2.25. The van der Waals surface area contributed by atoms with Crippen molar-refractivity contribution in [3.8, 4) is 0 Å². The molecule has 2 heteroatoms. The van der Waals surface area contributed by atoms with Crippen LogP contribution in [0, 0.1) is 0 Å². The van der Waals surface area contributed by atoms with Crippen molar-refractivity contribution in [2.75, 3.05) is 6.61 Å². The van der Waals surface area contributed by atoms with Gasteiger partial charge in [-0.1, -0.05) is 46.3 Å². The molecule has 0 aromatic heterocycles. The molecule has 1 atom stereocenters. The molecule has 1 nitrogen and oxygen atoms in total. The Morgan fingerprint density at radius 3 is 2.67 bits per heavy atom. The first-order valence-corrected chi connectivity index (χ1v) is 4.69. The van der Waals surface area contributed by atoms with Gasteiger partial charge in [0.1, 0.15) is 6.10 Å². The first kappa shape index (κ1) is 8.02. The molecule has 1 aromatic carbocycles. The van der Waals surface area contributed by atoms with E-state index in [4.69, 9.17) is 4.74 Å². The van der Waals surface area contributed by atoms with Crippen LogP contribution in [-0.4, -0.2) is 12.7 Å². The fraction of sp³-hybridized carbons (Fsp3) is 0.200. The summed E-state index contributed by atoms with van der Waals surface area (Å²) in [7, 11) is 0. The SMILES string of the molecule is Br/C(=C\c1ccccc1)[C@@H]1CO1. The number of benzene rings is 1. The van der Waals surface area contributed by atoms with E-state index < -0.39 is 0 Å². The Bertz CT molecular complexity index is 288. The zero-order valence-electron chi connectivity index (χ0n) is 6.53. The molecular formula is C10H9BrO. The highest BCUT2D eigenvalue weighted by atomic mass is 79.9. The van der Waals surface area contributed by atoms with Crippen molar-refractivity contribution >= 4 is 22.0 Å². The molecule has 0 aliphatic carbocycles. The lowest BCUT2D eigenvalue weighted by Gasteiger charge is -1.93. The van der Waals surface area contributed by atoms with E-state index in [-0.39, 0.29) is 0 Å². The van der Waals surface area contributed by atoms with Gasteiger partial charge in [0.05, 0.1) is 6.61 Å². The number of ether oxygens (including phenoxy) is 1. The van der Waals surface area contributed by atoms with E-state index in [2.05, 4.69) is 34.1 Å². The lowest BCUT2D eigenvalue weighted by Crippen LogP contribution is -1.82. The summed E-state index contributed by atoms with van der Waals surface area (Å²) in [6.07, 6.45) is 2.41. The third-order valence-corrected chi connectivity index (χ3v) is 2.48. The van der Waals surface area contributed by atoms with Crippen LogP contribution in [0.1, 0.15) is 5.56 Å². The average molecular weight is 225 g/mol. The second-order valence-corrected chi connectivity index (χ2v) is 3.68. The zero-order chi connectivity index (χ0) is 8.39. The van der Waals surface area contributed by atoms with Crippen molar-refractivity contribution in [2.24, 2.45) is 0 Å². The lowest BCUT2D eigenvalue weighted by atomic mass is 10.2. The highest BCUT2D eigenvalue weighted by Crippen LogP contribution is 2.26. The molecule has 1 aliphatic heterocycles. The van der Waals surface area contributed by atoms with E-state index in [0.717, 1.165) is 11.1 Å². The second kappa shape index (κ2) is 3.42. The Kier molecular flexibility index (Phi) is 2.28. The number of epoxide rings is 1. The first-order valence-electron chi connectivity index (χ1n) is 3.90. The maximum atomic E-state index is 5.13. The normalized spacial score (nSPS) is 22.4. The average Bonchev–Trinajstić information content (AvgIpc) is 2.88. The zero-order valence-corrected chi connectivity index (χ0v) is 8.12. The Labute approximate surface area is 80.2 Å². The van der Waals surface area contributed by atoms with E-state index >= 15 is 0 Å². The summed E-state index contributed by atoms with van der Waals surface area (Å²) >= 11 is 3.48. The van der Waals surface area contributed by atoms with Gasteiger partial charge < -0.3 is 4.74 Å². The molecule has 1 heterocycles. The van der Waals surface area contributed by atoms with Crippen LogP contribution < -0.4 is 0 Å². The van der Waals surface area contributed by atoms with Gasteiger partial charge in [-0.05, 0) is 11.6 Å². The van der Waals surface area contributed by atoms with Gasteiger partial charge in [0.15, 0.2) is 0 Å². The number of hydrogen-bond acceptors (Lipinski definition) is 1. The Hall–Kier alpha value is -0.600. The van der Waals surface area contributed by atoms with Crippen molar-refractivity contribution in [1.29, 1.82) is 0 Å². The van der Waals surface area contributed by atoms with Gasteiger partial charge in [-0.2, -0.15) is 0 Å². The summed E-state index contributed by atoms with van der Waals surface area (Å²) in [6, 6.07) is 10.2. The summed E-state index contributed by atoms with van der Waals surface area (Å²) < 4.78 is 6.26. The van der Waals surface area contributed by atoms with E-state index in [1.807, 2.05) is 18.2 Å². The second-order valence-electron chi connectivity index (χ2n) is 2.76. The maximum Gasteiger partial charge on any atom is 0.112 e. The van der Waals surface area contributed by atoms with E-state index in [9.17, 15) is 0 Å². The predicted molar refractivity (Wildman–Crippen MR) is 53.1 cm³/mol. The first-order chi connectivity index (χ1) is 5.86. The third kappa shape index (κ3) is 1.96. The van der Waals surface area contributed by atoms with Gasteiger partial charge in [0.2, 0.25) is 0 Å². The molecule has 0 N–H and O–H groups in total. The maximum absolute atomic E-state index is 5.13. The molecule has 1 aromatic rings. The van der Waals surface area contributed by atoms with Crippen molar-refractivity contribution in [3.63, 3.8) is 0 Å². The van der Waals surface area contributed by atoms with Crippen molar-refractivity contribution in [1.82, 2.24) is 0 Å². The Morgan fingerprint density at radius 2 is 2.08 bits per heavy atom. The van der Waals surface area contributed by atoms with Gasteiger partial charge in [0, 0.05) is 4.48 Å². The molecule has 2 rings (SSSR count). The standard InChI is InChI=1S/C10H9BrO/c11-9(10-7-12-10)6-8-4-2-1-3-5-8/h1-6,10H,7H2/b9-6-/t10-/m0/s1. The fourth-order valence-corrected chi connectivity index (χ4v) is 1.54. The molecule has 0 saturated carbocycles. The molecule has 0 unspecified atom stereocenters. The summed E-state index contributed by atoms with van der Waals surface area (Å²) in [6.45, 7) is 0.851. The summed E-state index contributed by atoms with van der Waals surface area (Å²) in [5.74, 6) is 0. The van der Waals surface area contributed by atoms with E-state index in [1.165, 1.54) is 5.56 Å². The van der Waals surface area contributed by atoms with Gasteiger partial charge in [0.25, 0.3) is 0 Å². The van der Waals surface area contributed by atoms with Crippen LogP contribution in [0.5, 0.6) is 0 Å². The van der Waals surface area contributed by atoms with Gasteiger partial charge in [-0.25, -0.2) is 0 Å². The van der Waals surface area contributed by atoms with Crippen molar-refractivity contribution < 1.29 is 4.74 Å². The smallest absolute Gasteiger partial charge is 0.112 e. The van der Waals surface area contributed by atoms with Crippen LogP contribution in [0.2, 0.25) is 0 Å². The lowest BCUT2D eigenvalue weighted by molar-refractivity contribution is 0.439. The van der Waals surface area contributed by atoms with Crippen LogP contribution in [0.4, 0.5) is 0 Å². The molecule has 1 fully saturated rings. The van der Waals surface area contributed by atoms with E-state index in [1.54, 1.807) is 0 Å². The van der Waals surface area contributed by atoms with Crippen molar-refractivity contribution in [2.45, 2.75) is 6.10 Å². The minimum atomic E-state index is 0.310. The van der Waals surface area contributed by atoms with Gasteiger partial charge in [-0.3, -0.25) is 0 Å². The summed E-state index contributed by atoms with van der Waals surface area (Å²) in [4.78, 5) is 0. The quantitative estimate of drug-likeness (QED) is 0.705. The minimum absolute atomic E-state index is 0.310. The van der Waals surface area contributed by atoms with Crippen LogP contribution in [0.3, 0.4) is 0 Å².